The Morgan fingerprint density at radius 3 is 2.61 bits per heavy atom. The molecule has 6 heteroatoms. The van der Waals surface area contributed by atoms with Gasteiger partial charge in [-0.2, -0.15) is 0 Å². The monoisotopic (exact) mass is 460 g/mol. The molecule has 1 amide bonds. The van der Waals surface area contributed by atoms with Crippen LogP contribution in [0.4, 0.5) is 0 Å². The fourth-order valence-corrected chi connectivity index (χ4v) is 4.52. The first kappa shape index (κ1) is 21.6. The number of nitrogens with one attached hydrogen (secondary N) is 1. The van der Waals surface area contributed by atoms with E-state index in [0.29, 0.717) is 37.7 Å². The van der Waals surface area contributed by atoms with Gasteiger partial charge in [-0.3, -0.25) is 4.79 Å². The predicted molar refractivity (Wildman–Crippen MR) is 130 cm³/mol. The van der Waals surface area contributed by atoms with Crippen molar-refractivity contribution in [3.8, 4) is 11.5 Å². The van der Waals surface area contributed by atoms with E-state index in [1.54, 1.807) is 0 Å². The van der Waals surface area contributed by atoms with E-state index in [1.807, 2.05) is 77.8 Å². The van der Waals surface area contributed by atoms with Crippen molar-refractivity contribution in [3.63, 3.8) is 0 Å². The minimum atomic E-state index is -0.146. The Bertz CT molecular complexity index is 1250. The maximum absolute atomic E-state index is 13.3. The number of aromatic amines is 1. The lowest BCUT2D eigenvalue weighted by molar-refractivity contribution is -0.135. The van der Waals surface area contributed by atoms with E-state index in [4.69, 9.17) is 21.1 Å². The van der Waals surface area contributed by atoms with Crippen LogP contribution in [0.15, 0.2) is 79.0 Å². The first-order valence-electron chi connectivity index (χ1n) is 11.1. The van der Waals surface area contributed by atoms with Crippen molar-refractivity contribution in [2.24, 2.45) is 0 Å². The molecule has 5 nitrogen and oxygen atoms in total. The van der Waals surface area contributed by atoms with Crippen LogP contribution in [0.2, 0.25) is 5.02 Å². The molecule has 1 aliphatic rings. The molecule has 2 heterocycles. The summed E-state index contributed by atoms with van der Waals surface area (Å²) < 4.78 is 11.5. The van der Waals surface area contributed by atoms with Gasteiger partial charge in [0.25, 0.3) is 0 Å². The lowest BCUT2D eigenvalue weighted by Gasteiger charge is -2.29. The maximum atomic E-state index is 13.3. The van der Waals surface area contributed by atoms with E-state index in [0.717, 1.165) is 33.5 Å². The van der Waals surface area contributed by atoms with Crippen LogP contribution in [-0.4, -0.2) is 42.1 Å². The second-order valence-electron chi connectivity index (χ2n) is 8.17. The van der Waals surface area contributed by atoms with Gasteiger partial charge in [-0.1, -0.05) is 41.9 Å². The lowest BCUT2D eigenvalue weighted by Crippen LogP contribution is -2.41. The van der Waals surface area contributed by atoms with Crippen LogP contribution < -0.4 is 4.74 Å². The van der Waals surface area contributed by atoms with Crippen molar-refractivity contribution in [1.82, 2.24) is 9.88 Å². The summed E-state index contributed by atoms with van der Waals surface area (Å²) in [7, 11) is 0. The second-order valence-corrected chi connectivity index (χ2v) is 8.61. The van der Waals surface area contributed by atoms with E-state index in [9.17, 15) is 4.79 Å². The number of hydrogen-bond donors (Lipinski definition) is 1. The number of nitrogens with zero attached hydrogens (tertiary/aromatic N) is 1. The smallest absolute Gasteiger partial charge is 0.223 e. The Kier molecular flexibility index (Phi) is 6.33. The highest BCUT2D eigenvalue weighted by atomic mass is 35.5. The molecule has 3 aromatic carbocycles. The molecule has 1 aromatic heterocycles. The zero-order valence-corrected chi connectivity index (χ0v) is 18.9. The minimum Gasteiger partial charge on any atom is -0.457 e. The molecule has 0 bridgehead atoms. The molecular formula is C27H25ClN2O3. The molecule has 0 saturated carbocycles. The van der Waals surface area contributed by atoms with E-state index in [-0.39, 0.29) is 11.8 Å². The number of aromatic nitrogens is 1. The number of amides is 1. The van der Waals surface area contributed by atoms with Crippen molar-refractivity contribution in [2.75, 3.05) is 26.3 Å². The highest BCUT2D eigenvalue weighted by Gasteiger charge is 2.26. The number of hydrogen-bond acceptors (Lipinski definition) is 3. The topological polar surface area (TPSA) is 54.6 Å². The van der Waals surface area contributed by atoms with Gasteiger partial charge in [-0.25, -0.2) is 0 Å². The lowest BCUT2D eigenvalue weighted by atomic mass is 9.87. The molecule has 1 atom stereocenters. The Labute approximate surface area is 197 Å². The Balaban J connectivity index is 1.51. The van der Waals surface area contributed by atoms with Crippen LogP contribution in [0.5, 0.6) is 11.5 Å². The van der Waals surface area contributed by atoms with Crippen LogP contribution in [0.3, 0.4) is 0 Å². The van der Waals surface area contributed by atoms with Gasteiger partial charge in [0.1, 0.15) is 11.5 Å². The van der Waals surface area contributed by atoms with E-state index >= 15 is 0 Å². The predicted octanol–water partition coefficient (Wildman–Crippen LogP) is 5.99. The molecule has 5 rings (SSSR count). The van der Waals surface area contributed by atoms with Crippen LogP contribution in [0.25, 0.3) is 10.9 Å². The molecule has 1 aliphatic heterocycles. The number of rotatable bonds is 6. The molecule has 168 valence electrons. The van der Waals surface area contributed by atoms with Gasteiger partial charge in [0.05, 0.1) is 13.2 Å². The summed E-state index contributed by atoms with van der Waals surface area (Å²) in [6, 6.07) is 23.5. The SMILES string of the molecule is O=C(CC(c1cccc(Oc2ccccc2)c1)c1c[nH]c2ccc(Cl)cc12)N1CCOCC1. The molecule has 33 heavy (non-hydrogen) atoms. The first-order chi connectivity index (χ1) is 16.2. The van der Waals surface area contributed by atoms with Crippen molar-refractivity contribution >= 4 is 28.4 Å². The standard InChI is InChI=1S/C27H25ClN2O3/c28-20-9-10-26-24(16-20)25(18-29-26)23(17-27(31)30-11-13-32-14-12-30)19-5-4-8-22(15-19)33-21-6-2-1-3-7-21/h1-10,15-16,18,23,29H,11-14,17H2. The molecule has 0 spiro atoms. The number of morpholine rings is 1. The summed E-state index contributed by atoms with van der Waals surface area (Å²) in [5.74, 6) is 1.48. The van der Waals surface area contributed by atoms with Gasteiger partial charge in [0.2, 0.25) is 5.91 Å². The third-order valence-electron chi connectivity index (χ3n) is 6.03. The molecule has 1 unspecified atom stereocenters. The zero-order chi connectivity index (χ0) is 22.6. The summed E-state index contributed by atoms with van der Waals surface area (Å²) in [4.78, 5) is 18.5. The highest BCUT2D eigenvalue weighted by Crippen LogP contribution is 2.37. The van der Waals surface area contributed by atoms with Crippen LogP contribution in [0.1, 0.15) is 23.5 Å². The summed E-state index contributed by atoms with van der Waals surface area (Å²) in [5.41, 5.74) is 3.06. The number of benzene rings is 3. The van der Waals surface area contributed by atoms with Crippen LogP contribution in [-0.2, 0) is 9.53 Å². The summed E-state index contributed by atoms with van der Waals surface area (Å²) >= 11 is 6.32. The van der Waals surface area contributed by atoms with E-state index in [1.165, 1.54) is 0 Å². The Morgan fingerprint density at radius 2 is 1.79 bits per heavy atom. The molecule has 0 radical (unpaired) electrons. The van der Waals surface area contributed by atoms with Crippen molar-refractivity contribution in [3.05, 3.63) is 95.1 Å². The minimum absolute atomic E-state index is 0.119. The maximum Gasteiger partial charge on any atom is 0.223 e. The van der Waals surface area contributed by atoms with Crippen LogP contribution >= 0.6 is 11.6 Å². The first-order valence-corrected chi connectivity index (χ1v) is 11.5. The zero-order valence-electron chi connectivity index (χ0n) is 18.2. The van der Waals surface area contributed by atoms with Gasteiger partial charge in [0, 0.05) is 47.6 Å². The van der Waals surface area contributed by atoms with Crippen molar-refractivity contribution in [1.29, 1.82) is 0 Å². The van der Waals surface area contributed by atoms with E-state index in [2.05, 4.69) is 11.1 Å². The third-order valence-corrected chi connectivity index (χ3v) is 6.27. The molecule has 0 aliphatic carbocycles. The number of halogens is 1. The fraction of sp³-hybridized carbons (Fsp3) is 0.222. The Morgan fingerprint density at radius 1 is 1.00 bits per heavy atom. The van der Waals surface area contributed by atoms with Crippen molar-refractivity contribution < 1.29 is 14.3 Å². The van der Waals surface area contributed by atoms with Gasteiger partial charge in [-0.15, -0.1) is 0 Å². The van der Waals surface area contributed by atoms with Gasteiger partial charge >= 0.3 is 0 Å². The van der Waals surface area contributed by atoms with Gasteiger partial charge in [-0.05, 0) is 53.6 Å². The van der Waals surface area contributed by atoms with Crippen molar-refractivity contribution in [2.45, 2.75) is 12.3 Å². The molecular weight excluding hydrogens is 436 g/mol. The molecule has 1 fully saturated rings. The summed E-state index contributed by atoms with van der Waals surface area (Å²) in [5, 5.41) is 1.69. The number of ether oxygens (including phenoxy) is 2. The number of carbonyl (C=O) groups is 1. The summed E-state index contributed by atoms with van der Waals surface area (Å²) in [6.45, 7) is 2.42. The Hall–Kier alpha value is -3.28. The van der Waals surface area contributed by atoms with Crippen LogP contribution in [0, 0.1) is 0 Å². The average Bonchev–Trinajstić information content (AvgIpc) is 3.26. The highest BCUT2D eigenvalue weighted by molar-refractivity contribution is 6.31. The van der Waals surface area contributed by atoms with Gasteiger partial charge in [0.15, 0.2) is 0 Å². The normalized spacial score (nSPS) is 14.9. The quantitative estimate of drug-likeness (QED) is 0.384. The molecule has 4 aromatic rings. The third kappa shape index (κ3) is 4.90. The largest absolute Gasteiger partial charge is 0.457 e. The number of carbonyl (C=O) groups excluding carboxylic acids is 1. The number of H-pyrrole nitrogens is 1. The average molecular weight is 461 g/mol. The second kappa shape index (κ2) is 9.69. The number of fused-ring (bicyclic) bond motifs is 1. The number of para-hydroxylation sites is 1. The fourth-order valence-electron chi connectivity index (χ4n) is 4.35. The summed E-state index contributed by atoms with van der Waals surface area (Å²) in [6.07, 6.45) is 2.34. The molecule has 1 saturated heterocycles. The van der Waals surface area contributed by atoms with E-state index < -0.39 is 0 Å². The van der Waals surface area contributed by atoms with Gasteiger partial charge < -0.3 is 19.4 Å². The molecule has 1 N–H and O–H groups in total.